The highest BCUT2D eigenvalue weighted by molar-refractivity contribution is 7.99. The number of thiophene rings is 1. The average molecular weight is 470 g/mol. The molecular weight excluding hydrogens is 442 g/mol. The fourth-order valence-electron chi connectivity index (χ4n) is 3.57. The summed E-state index contributed by atoms with van der Waals surface area (Å²) >= 11 is 3.07. The summed E-state index contributed by atoms with van der Waals surface area (Å²) in [5.41, 5.74) is 2.15. The van der Waals surface area contributed by atoms with Gasteiger partial charge in [0, 0.05) is 24.5 Å². The zero-order valence-corrected chi connectivity index (χ0v) is 19.8. The second-order valence-electron chi connectivity index (χ2n) is 7.43. The van der Waals surface area contributed by atoms with Crippen molar-refractivity contribution in [2.45, 2.75) is 18.6 Å². The lowest BCUT2D eigenvalue weighted by Crippen LogP contribution is -2.38. The van der Waals surface area contributed by atoms with Crippen LogP contribution in [0.2, 0.25) is 0 Å². The molecule has 3 aromatic rings. The summed E-state index contributed by atoms with van der Waals surface area (Å²) in [5.74, 6) is 1.13. The first kappa shape index (κ1) is 22.6. The molecule has 0 N–H and O–H groups in total. The highest BCUT2D eigenvalue weighted by atomic mass is 32.2. The second-order valence-corrected chi connectivity index (χ2v) is 9.41. The van der Waals surface area contributed by atoms with E-state index in [0.717, 1.165) is 35.2 Å². The Morgan fingerprint density at radius 3 is 2.78 bits per heavy atom. The molecule has 0 aliphatic carbocycles. The zero-order valence-electron chi connectivity index (χ0n) is 18.1. The summed E-state index contributed by atoms with van der Waals surface area (Å²) in [6.07, 6.45) is 1.77. The van der Waals surface area contributed by atoms with E-state index in [4.69, 9.17) is 4.74 Å². The van der Waals surface area contributed by atoms with Gasteiger partial charge in [0.2, 0.25) is 11.9 Å². The van der Waals surface area contributed by atoms with Gasteiger partial charge in [0.25, 0.3) is 0 Å². The Hall–Kier alpha value is -2.62. The Morgan fingerprint density at radius 1 is 1.25 bits per heavy atom. The van der Waals surface area contributed by atoms with E-state index in [9.17, 15) is 4.79 Å². The Bertz CT molecular complexity index is 1040. The van der Waals surface area contributed by atoms with Gasteiger partial charge >= 0.3 is 0 Å². The van der Waals surface area contributed by atoms with Crippen molar-refractivity contribution in [1.82, 2.24) is 19.7 Å². The predicted molar refractivity (Wildman–Crippen MR) is 130 cm³/mol. The van der Waals surface area contributed by atoms with Crippen molar-refractivity contribution in [3.63, 3.8) is 0 Å². The standard InChI is InChI=1S/C23H27N5O2S2/c1-3-10-27(16-19-8-6-15-31-19)21(29)17-32-23-25-24-22(26-11-13-30-14-12-26)28(23)20-9-5-4-7-18(20)2/h3-9,15H,1,10-14,16-17H2,2H3. The molecular formula is C23H27N5O2S2. The van der Waals surface area contributed by atoms with Crippen LogP contribution in [0.4, 0.5) is 5.95 Å². The van der Waals surface area contributed by atoms with Crippen LogP contribution in [0, 0.1) is 6.92 Å². The molecule has 4 rings (SSSR count). The number of nitrogens with zero attached hydrogens (tertiary/aromatic N) is 5. The van der Waals surface area contributed by atoms with Crippen LogP contribution in [0.25, 0.3) is 5.69 Å². The smallest absolute Gasteiger partial charge is 0.233 e. The molecule has 0 saturated carbocycles. The first-order valence-corrected chi connectivity index (χ1v) is 12.4. The minimum Gasteiger partial charge on any atom is -0.378 e. The van der Waals surface area contributed by atoms with Gasteiger partial charge in [0.05, 0.1) is 31.2 Å². The van der Waals surface area contributed by atoms with Crippen LogP contribution < -0.4 is 4.90 Å². The third-order valence-corrected chi connectivity index (χ3v) is 7.00. The van der Waals surface area contributed by atoms with Crippen LogP contribution in [0.1, 0.15) is 10.4 Å². The molecule has 0 bridgehead atoms. The summed E-state index contributed by atoms with van der Waals surface area (Å²) in [6, 6.07) is 12.2. The highest BCUT2D eigenvalue weighted by Gasteiger charge is 2.24. The van der Waals surface area contributed by atoms with Crippen molar-refractivity contribution in [2.24, 2.45) is 0 Å². The maximum atomic E-state index is 13.0. The van der Waals surface area contributed by atoms with Crippen LogP contribution in [0.15, 0.2) is 59.6 Å². The van der Waals surface area contributed by atoms with E-state index in [0.29, 0.717) is 31.5 Å². The fourth-order valence-corrected chi connectivity index (χ4v) is 5.13. The molecule has 0 unspecified atom stereocenters. The van der Waals surface area contributed by atoms with Gasteiger partial charge in [-0.05, 0) is 30.0 Å². The summed E-state index contributed by atoms with van der Waals surface area (Å²) in [4.78, 5) is 18.2. The van der Waals surface area contributed by atoms with Crippen LogP contribution in [0.3, 0.4) is 0 Å². The number of morpholine rings is 1. The molecule has 1 aromatic carbocycles. The second kappa shape index (κ2) is 10.8. The lowest BCUT2D eigenvalue weighted by molar-refractivity contribution is -0.128. The van der Waals surface area contributed by atoms with Crippen LogP contribution in [-0.4, -0.2) is 64.2 Å². The zero-order chi connectivity index (χ0) is 22.3. The molecule has 0 radical (unpaired) electrons. The molecule has 0 spiro atoms. The molecule has 7 nitrogen and oxygen atoms in total. The monoisotopic (exact) mass is 469 g/mol. The number of hydrogen-bond acceptors (Lipinski definition) is 7. The van der Waals surface area contributed by atoms with Gasteiger partial charge in [-0.2, -0.15) is 0 Å². The predicted octanol–water partition coefficient (Wildman–Crippen LogP) is 3.78. The van der Waals surface area contributed by atoms with Crippen molar-refractivity contribution in [2.75, 3.05) is 43.5 Å². The normalized spacial score (nSPS) is 13.8. The average Bonchev–Trinajstić information content (AvgIpc) is 3.48. The quantitative estimate of drug-likeness (QED) is 0.351. The van der Waals surface area contributed by atoms with E-state index < -0.39 is 0 Å². The molecule has 3 heterocycles. The van der Waals surface area contributed by atoms with E-state index in [1.807, 2.05) is 34.5 Å². The molecule has 32 heavy (non-hydrogen) atoms. The topological polar surface area (TPSA) is 63.5 Å². The fraction of sp³-hybridized carbons (Fsp3) is 0.348. The Labute approximate surface area is 196 Å². The van der Waals surface area contributed by atoms with Crippen molar-refractivity contribution >= 4 is 35.0 Å². The number of rotatable bonds is 9. The van der Waals surface area contributed by atoms with E-state index in [2.05, 4.69) is 45.3 Å². The SMILES string of the molecule is C=CCN(Cc1cccs1)C(=O)CSc1nnc(N2CCOCC2)n1-c1ccccc1C. The maximum Gasteiger partial charge on any atom is 0.233 e. The minimum atomic E-state index is 0.0514. The number of aryl methyl sites for hydroxylation is 1. The van der Waals surface area contributed by atoms with Gasteiger partial charge in [0.1, 0.15) is 0 Å². The summed E-state index contributed by atoms with van der Waals surface area (Å²) in [5, 5.41) is 11.7. The van der Waals surface area contributed by atoms with Gasteiger partial charge in [-0.15, -0.1) is 28.1 Å². The number of para-hydroxylation sites is 1. The number of anilines is 1. The van der Waals surface area contributed by atoms with Crippen molar-refractivity contribution in [3.05, 3.63) is 64.9 Å². The van der Waals surface area contributed by atoms with Crippen molar-refractivity contribution < 1.29 is 9.53 Å². The number of amides is 1. The molecule has 0 atom stereocenters. The van der Waals surface area contributed by atoms with E-state index in [-0.39, 0.29) is 11.7 Å². The van der Waals surface area contributed by atoms with Crippen LogP contribution in [0.5, 0.6) is 0 Å². The lowest BCUT2D eigenvalue weighted by Gasteiger charge is -2.28. The molecule has 1 aliphatic rings. The minimum absolute atomic E-state index is 0.0514. The molecule has 1 amide bonds. The number of carbonyl (C=O) groups is 1. The summed E-state index contributed by atoms with van der Waals surface area (Å²) < 4.78 is 7.57. The molecule has 2 aromatic heterocycles. The van der Waals surface area contributed by atoms with E-state index in [1.165, 1.54) is 11.8 Å². The van der Waals surface area contributed by atoms with Crippen molar-refractivity contribution in [3.8, 4) is 5.69 Å². The molecule has 1 saturated heterocycles. The van der Waals surface area contributed by atoms with Gasteiger partial charge in [-0.3, -0.25) is 9.36 Å². The Morgan fingerprint density at radius 2 is 2.06 bits per heavy atom. The van der Waals surface area contributed by atoms with E-state index in [1.54, 1.807) is 17.4 Å². The lowest BCUT2D eigenvalue weighted by atomic mass is 10.2. The number of hydrogen-bond donors (Lipinski definition) is 0. The largest absolute Gasteiger partial charge is 0.378 e. The molecule has 168 valence electrons. The first-order valence-electron chi connectivity index (χ1n) is 10.6. The van der Waals surface area contributed by atoms with Gasteiger partial charge < -0.3 is 14.5 Å². The summed E-state index contributed by atoms with van der Waals surface area (Å²) in [6.45, 7) is 9.85. The molecule has 9 heteroatoms. The number of thioether (sulfide) groups is 1. The number of benzene rings is 1. The molecule has 1 aliphatic heterocycles. The highest BCUT2D eigenvalue weighted by Crippen LogP contribution is 2.29. The maximum absolute atomic E-state index is 13.0. The number of ether oxygens (including phenoxy) is 1. The Kier molecular flexibility index (Phi) is 7.62. The van der Waals surface area contributed by atoms with Crippen LogP contribution in [-0.2, 0) is 16.1 Å². The Balaban J connectivity index is 1.56. The van der Waals surface area contributed by atoms with E-state index >= 15 is 0 Å². The van der Waals surface area contributed by atoms with Crippen molar-refractivity contribution in [1.29, 1.82) is 0 Å². The number of carbonyl (C=O) groups excluding carboxylic acids is 1. The first-order chi connectivity index (χ1) is 15.7. The number of aromatic nitrogens is 3. The van der Waals surface area contributed by atoms with Crippen LogP contribution >= 0.6 is 23.1 Å². The summed E-state index contributed by atoms with van der Waals surface area (Å²) in [7, 11) is 0. The third kappa shape index (κ3) is 5.23. The van der Waals surface area contributed by atoms with Gasteiger partial charge in [0.15, 0.2) is 5.16 Å². The van der Waals surface area contributed by atoms with Gasteiger partial charge in [-0.1, -0.05) is 42.1 Å². The molecule has 1 fully saturated rings. The van der Waals surface area contributed by atoms with Gasteiger partial charge in [-0.25, -0.2) is 0 Å². The third-order valence-electron chi connectivity index (χ3n) is 5.22.